The molecule has 8 nitrogen and oxygen atoms in total. The van der Waals surface area contributed by atoms with Gasteiger partial charge in [-0.1, -0.05) is 6.08 Å². The van der Waals surface area contributed by atoms with Gasteiger partial charge in [-0.2, -0.15) is 4.31 Å². The van der Waals surface area contributed by atoms with Crippen LogP contribution in [-0.4, -0.2) is 44.3 Å². The van der Waals surface area contributed by atoms with Crippen molar-refractivity contribution in [2.75, 3.05) is 30.3 Å². The van der Waals surface area contributed by atoms with E-state index in [-0.39, 0.29) is 16.8 Å². The summed E-state index contributed by atoms with van der Waals surface area (Å²) < 4.78 is 26.6. The topological polar surface area (TPSA) is 108 Å². The molecule has 1 fully saturated rings. The molecule has 1 aliphatic rings. The van der Waals surface area contributed by atoms with Crippen molar-refractivity contribution in [1.82, 2.24) is 9.62 Å². The summed E-state index contributed by atoms with van der Waals surface area (Å²) in [7, 11) is -3.50. The Hall–Kier alpha value is -3.17. The van der Waals surface area contributed by atoms with Gasteiger partial charge >= 0.3 is 6.03 Å². The molecule has 9 heteroatoms. The minimum absolute atomic E-state index is 0.186. The van der Waals surface area contributed by atoms with Crippen LogP contribution < -0.4 is 16.0 Å². The Kier molecular flexibility index (Phi) is 6.86. The van der Waals surface area contributed by atoms with Gasteiger partial charge in [-0.25, -0.2) is 13.2 Å². The minimum Gasteiger partial charge on any atom is -0.334 e. The van der Waals surface area contributed by atoms with E-state index in [4.69, 9.17) is 0 Å². The molecule has 3 N–H and O–H groups in total. The molecule has 3 amide bonds. The Morgan fingerprint density at radius 2 is 1.50 bits per heavy atom. The van der Waals surface area contributed by atoms with E-state index in [9.17, 15) is 18.0 Å². The highest BCUT2D eigenvalue weighted by atomic mass is 32.2. The predicted octanol–water partition coefficient (Wildman–Crippen LogP) is 3.03. The number of nitrogens with one attached hydrogen (secondary N) is 3. The van der Waals surface area contributed by atoms with Crippen molar-refractivity contribution < 1.29 is 18.0 Å². The molecular weight excluding hydrogens is 404 g/mol. The van der Waals surface area contributed by atoms with Crippen LogP contribution in [0.4, 0.5) is 16.2 Å². The quantitative estimate of drug-likeness (QED) is 0.589. The summed E-state index contributed by atoms with van der Waals surface area (Å²) in [6, 6.07) is 12.2. The van der Waals surface area contributed by atoms with Crippen LogP contribution in [0.5, 0.6) is 0 Å². The molecule has 0 aromatic heterocycles. The van der Waals surface area contributed by atoms with Gasteiger partial charge in [-0.05, 0) is 61.4 Å². The summed E-state index contributed by atoms with van der Waals surface area (Å²) in [5, 5.41) is 8.01. The molecule has 0 unspecified atom stereocenters. The predicted molar refractivity (Wildman–Crippen MR) is 116 cm³/mol. The van der Waals surface area contributed by atoms with Crippen LogP contribution in [-0.2, 0) is 10.0 Å². The highest BCUT2D eigenvalue weighted by Gasteiger charge is 2.27. The summed E-state index contributed by atoms with van der Waals surface area (Å²) in [6.07, 6.45) is 3.31. The molecule has 30 heavy (non-hydrogen) atoms. The number of urea groups is 1. The number of hydrogen-bond donors (Lipinski definition) is 3. The molecule has 0 aliphatic carbocycles. The summed E-state index contributed by atoms with van der Waals surface area (Å²) in [4.78, 5) is 24.3. The SMILES string of the molecule is C=CCNC(=O)Nc1ccc(NC(=O)c2ccc(S(=O)(=O)N3CCCC3)cc2)cc1. The maximum Gasteiger partial charge on any atom is 0.319 e. The Morgan fingerprint density at radius 3 is 2.07 bits per heavy atom. The van der Waals surface area contributed by atoms with Crippen molar-refractivity contribution in [2.45, 2.75) is 17.7 Å². The average molecular weight is 429 g/mol. The number of nitrogens with zero attached hydrogens (tertiary/aromatic N) is 1. The van der Waals surface area contributed by atoms with Crippen molar-refractivity contribution in [3.8, 4) is 0 Å². The largest absolute Gasteiger partial charge is 0.334 e. The number of benzene rings is 2. The standard InChI is InChI=1S/C21H24N4O4S/c1-2-13-22-21(27)24-18-9-7-17(8-10-18)23-20(26)16-5-11-19(12-6-16)30(28,29)25-14-3-4-15-25/h2,5-12H,1,3-4,13-15H2,(H,23,26)(H2,22,24,27). The first-order valence-corrected chi connectivity index (χ1v) is 11.0. The molecule has 2 aromatic rings. The third-order valence-corrected chi connectivity index (χ3v) is 6.54. The normalized spacial score (nSPS) is 14.1. The van der Waals surface area contributed by atoms with E-state index >= 15 is 0 Å². The van der Waals surface area contributed by atoms with Crippen LogP contribution in [0.15, 0.2) is 66.1 Å². The molecule has 1 heterocycles. The molecular formula is C21H24N4O4S. The monoisotopic (exact) mass is 428 g/mol. The zero-order valence-electron chi connectivity index (χ0n) is 16.4. The molecule has 1 aliphatic heterocycles. The molecule has 3 rings (SSSR count). The van der Waals surface area contributed by atoms with E-state index in [1.54, 1.807) is 30.3 Å². The van der Waals surface area contributed by atoms with E-state index < -0.39 is 10.0 Å². The number of amides is 3. The number of hydrogen-bond acceptors (Lipinski definition) is 4. The zero-order valence-corrected chi connectivity index (χ0v) is 17.2. The van der Waals surface area contributed by atoms with Gasteiger partial charge in [0.2, 0.25) is 10.0 Å². The molecule has 2 aromatic carbocycles. The number of carbonyl (C=O) groups excluding carboxylic acids is 2. The Balaban J connectivity index is 1.60. The summed E-state index contributed by atoms with van der Waals surface area (Å²) >= 11 is 0. The summed E-state index contributed by atoms with van der Waals surface area (Å²) in [5.74, 6) is -0.357. The second kappa shape index (κ2) is 9.55. The lowest BCUT2D eigenvalue weighted by Gasteiger charge is -2.15. The van der Waals surface area contributed by atoms with Crippen LogP contribution in [0, 0.1) is 0 Å². The third-order valence-electron chi connectivity index (χ3n) is 4.63. The van der Waals surface area contributed by atoms with Crippen LogP contribution in [0.1, 0.15) is 23.2 Å². The lowest BCUT2D eigenvalue weighted by atomic mass is 10.2. The fourth-order valence-electron chi connectivity index (χ4n) is 3.04. The molecule has 0 atom stereocenters. The van der Waals surface area contributed by atoms with Gasteiger partial charge in [0.25, 0.3) is 5.91 Å². The number of carbonyl (C=O) groups is 2. The molecule has 0 radical (unpaired) electrons. The van der Waals surface area contributed by atoms with Crippen LogP contribution in [0.25, 0.3) is 0 Å². The highest BCUT2D eigenvalue weighted by Crippen LogP contribution is 2.21. The first-order valence-electron chi connectivity index (χ1n) is 9.57. The number of sulfonamides is 1. The molecule has 1 saturated heterocycles. The van der Waals surface area contributed by atoms with Gasteiger partial charge < -0.3 is 16.0 Å². The molecule has 0 bridgehead atoms. The Labute approximate surface area is 176 Å². The fourth-order valence-corrected chi connectivity index (χ4v) is 4.55. The molecule has 158 valence electrons. The van der Waals surface area contributed by atoms with Crippen molar-refractivity contribution in [1.29, 1.82) is 0 Å². The van der Waals surface area contributed by atoms with Gasteiger partial charge in [-0.3, -0.25) is 4.79 Å². The zero-order chi connectivity index (χ0) is 21.6. The van der Waals surface area contributed by atoms with E-state index in [1.807, 2.05) is 0 Å². The van der Waals surface area contributed by atoms with Crippen molar-refractivity contribution in [2.24, 2.45) is 0 Å². The number of rotatable bonds is 7. The molecule has 0 spiro atoms. The first-order chi connectivity index (χ1) is 14.4. The maximum atomic E-state index is 12.6. The lowest BCUT2D eigenvalue weighted by Crippen LogP contribution is -2.28. The highest BCUT2D eigenvalue weighted by molar-refractivity contribution is 7.89. The Bertz CT molecular complexity index is 1010. The maximum absolute atomic E-state index is 12.6. The van der Waals surface area contributed by atoms with Gasteiger partial charge in [0.15, 0.2) is 0 Å². The van der Waals surface area contributed by atoms with Gasteiger partial charge in [0.05, 0.1) is 4.90 Å². The molecule has 0 saturated carbocycles. The van der Waals surface area contributed by atoms with Crippen molar-refractivity contribution in [3.63, 3.8) is 0 Å². The number of anilines is 2. The van der Waals surface area contributed by atoms with Crippen molar-refractivity contribution >= 4 is 33.3 Å². The lowest BCUT2D eigenvalue weighted by molar-refractivity contribution is 0.102. The fraction of sp³-hybridized carbons (Fsp3) is 0.238. The summed E-state index contributed by atoms with van der Waals surface area (Å²) in [5.41, 5.74) is 1.47. The van der Waals surface area contributed by atoms with Crippen LogP contribution in [0.2, 0.25) is 0 Å². The van der Waals surface area contributed by atoms with Crippen LogP contribution in [0.3, 0.4) is 0 Å². The van der Waals surface area contributed by atoms with E-state index in [0.717, 1.165) is 12.8 Å². The Morgan fingerprint density at radius 1 is 0.933 bits per heavy atom. The second-order valence-corrected chi connectivity index (χ2v) is 8.73. The van der Waals surface area contributed by atoms with E-state index in [1.165, 1.54) is 28.6 Å². The van der Waals surface area contributed by atoms with E-state index in [2.05, 4.69) is 22.5 Å². The second-order valence-electron chi connectivity index (χ2n) is 6.79. The van der Waals surface area contributed by atoms with Gasteiger partial charge in [0.1, 0.15) is 0 Å². The van der Waals surface area contributed by atoms with Crippen molar-refractivity contribution in [3.05, 3.63) is 66.7 Å². The smallest absolute Gasteiger partial charge is 0.319 e. The first kappa shape index (κ1) is 21.5. The minimum atomic E-state index is -3.50. The average Bonchev–Trinajstić information content (AvgIpc) is 3.29. The van der Waals surface area contributed by atoms with Gasteiger partial charge in [0, 0.05) is 36.6 Å². The summed E-state index contributed by atoms with van der Waals surface area (Å²) in [6.45, 7) is 4.95. The van der Waals surface area contributed by atoms with E-state index in [0.29, 0.717) is 36.6 Å². The van der Waals surface area contributed by atoms with Gasteiger partial charge in [-0.15, -0.1) is 6.58 Å². The third kappa shape index (κ3) is 5.25. The van der Waals surface area contributed by atoms with Crippen LogP contribution >= 0.6 is 0 Å².